The van der Waals surface area contributed by atoms with Crippen LogP contribution in [0.4, 0.5) is 4.79 Å². The highest BCUT2D eigenvalue weighted by atomic mass is 16.5. The molecule has 0 aromatic heterocycles. The number of hydrogen-bond acceptors (Lipinski definition) is 6. The fraction of sp³-hybridized carbons (Fsp3) is 0.444. The van der Waals surface area contributed by atoms with Gasteiger partial charge in [-0.3, -0.25) is 9.59 Å². The van der Waals surface area contributed by atoms with E-state index in [1.807, 2.05) is 54.6 Å². The van der Waals surface area contributed by atoms with E-state index in [0.29, 0.717) is 32.5 Å². The summed E-state index contributed by atoms with van der Waals surface area (Å²) in [7, 11) is 4.95. The molecule has 2 aliphatic rings. The monoisotopic (exact) mass is 509 g/mol. The SMILES string of the molecule is COCCCN1CC2N(C(=O)CN(C)N2C(=O)NCc2ccc(OC)cc2)[C@@H](Cc2ccccc2)C1=O. The molecule has 0 bridgehead atoms. The number of nitrogens with zero attached hydrogens (tertiary/aromatic N) is 4. The van der Waals surface area contributed by atoms with Crippen LogP contribution in [-0.4, -0.2) is 97.4 Å². The van der Waals surface area contributed by atoms with Gasteiger partial charge in [-0.2, -0.15) is 0 Å². The highest BCUT2D eigenvalue weighted by molar-refractivity contribution is 5.91. The molecular formula is C27H35N5O5. The molecule has 1 unspecified atom stereocenters. The molecule has 1 N–H and O–H groups in total. The van der Waals surface area contributed by atoms with E-state index in [9.17, 15) is 14.4 Å². The average molecular weight is 510 g/mol. The van der Waals surface area contributed by atoms with Crippen molar-refractivity contribution in [2.75, 3.05) is 47.5 Å². The van der Waals surface area contributed by atoms with Crippen molar-refractivity contribution in [3.63, 3.8) is 0 Å². The van der Waals surface area contributed by atoms with Gasteiger partial charge in [-0.15, -0.1) is 0 Å². The summed E-state index contributed by atoms with van der Waals surface area (Å²) in [4.78, 5) is 43.7. The van der Waals surface area contributed by atoms with Gasteiger partial charge in [0.25, 0.3) is 0 Å². The minimum atomic E-state index is -0.693. The lowest BCUT2D eigenvalue weighted by atomic mass is 9.98. The van der Waals surface area contributed by atoms with Gasteiger partial charge < -0.3 is 24.6 Å². The summed E-state index contributed by atoms with van der Waals surface area (Å²) in [5, 5.41) is 6.17. The molecule has 4 rings (SSSR count). The van der Waals surface area contributed by atoms with Crippen molar-refractivity contribution in [3.8, 4) is 5.75 Å². The number of nitrogens with one attached hydrogen (secondary N) is 1. The Kier molecular flexibility index (Phi) is 8.62. The quantitative estimate of drug-likeness (QED) is 0.518. The maximum absolute atomic E-state index is 13.6. The van der Waals surface area contributed by atoms with E-state index in [2.05, 4.69) is 5.32 Å². The summed E-state index contributed by atoms with van der Waals surface area (Å²) in [6.45, 7) is 1.57. The summed E-state index contributed by atoms with van der Waals surface area (Å²) in [5.74, 6) is 0.468. The second-order valence-corrected chi connectivity index (χ2v) is 9.28. The third-order valence-electron chi connectivity index (χ3n) is 6.80. The van der Waals surface area contributed by atoms with Gasteiger partial charge in [-0.25, -0.2) is 14.8 Å². The number of hydrogen-bond donors (Lipinski definition) is 1. The number of benzene rings is 2. The molecule has 2 saturated heterocycles. The summed E-state index contributed by atoms with van der Waals surface area (Å²) in [6, 6.07) is 16.1. The van der Waals surface area contributed by atoms with Gasteiger partial charge in [0, 0.05) is 40.3 Å². The molecule has 0 spiro atoms. The summed E-state index contributed by atoms with van der Waals surface area (Å²) < 4.78 is 10.4. The number of carbonyl (C=O) groups is 3. The zero-order valence-electron chi connectivity index (χ0n) is 21.6. The van der Waals surface area contributed by atoms with Gasteiger partial charge in [-0.05, 0) is 29.7 Å². The van der Waals surface area contributed by atoms with Crippen LogP contribution in [0.15, 0.2) is 54.6 Å². The number of carbonyl (C=O) groups excluding carboxylic acids is 3. The Hall–Kier alpha value is -3.63. The third-order valence-corrected chi connectivity index (χ3v) is 6.80. The molecule has 4 amide bonds. The van der Waals surface area contributed by atoms with Crippen LogP contribution in [-0.2, 0) is 27.3 Å². The Labute approximate surface area is 217 Å². The van der Waals surface area contributed by atoms with E-state index in [4.69, 9.17) is 9.47 Å². The van der Waals surface area contributed by atoms with Crippen LogP contribution in [0.25, 0.3) is 0 Å². The maximum Gasteiger partial charge on any atom is 0.334 e. The van der Waals surface area contributed by atoms with Crippen molar-refractivity contribution in [3.05, 3.63) is 65.7 Å². The number of piperazine rings is 1. The Bertz CT molecular complexity index is 1080. The van der Waals surface area contributed by atoms with Gasteiger partial charge in [0.2, 0.25) is 11.8 Å². The number of amides is 4. The molecule has 2 aromatic carbocycles. The number of fused-ring (bicyclic) bond motifs is 1. The van der Waals surface area contributed by atoms with Crippen LogP contribution >= 0.6 is 0 Å². The van der Waals surface area contributed by atoms with Crippen LogP contribution < -0.4 is 10.1 Å². The standard InChI is InChI=1S/C27H35N5O5/c1-29-19-25(33)31-23(16-20-8-5-4-6-9-20)26(34)30(14-7-15-36-2)18-24(31)32(29)27(35)28-17-21-10-12-22(37-3)13-11-21/h4-6,8-13,23-24H,7,14-19H2,1-3H3,(H,28,35)/t23-,24?/m0/s1. The molecule has 2 aromatic rings. The second-order valence-electron chi connectivity index (χ2n) is 9.28. The molecule has 10 heteroatoms. The fourth-order valence-corrected chi connectivity index (χ4v) is 4.95. The van der Waals surface area contributed by atoms with Gasteiger partial charge in [-0.1, -0.05) is 42.5 Å². The lowest BCUT2D eigenvalue weighted by molar-refractivity contribution is -0.187. The van der Waals surface area contributed by atoms with E-state index in [0.717, 1.165) is 16.9 Å². The van der Waals surface area contributed by atoms with Crippen molar-refractivity contribution in [2.45, 2.75) is 31.6 Å². The zero-order valence-corrected chi connectivity index (χ0v) is 21.6. The lowest BCUT2D eigenvalue weighted by Gasteiger charge is -2.54. The number of methoxy groups -OCH3 is 2. The zero-order chi connectivity index (χ0) is 26.4. The van der Waals surface area contributed by atoms with Crippen LogP contribution in [0, 0.1) is 0 Å². The highest BCUT2D eigenvalue weighted by Gasteiger charge is 2.50. The van der Waals surface area contributed by atoms with Crippen LogP contribution in [0.3, 0.4) is 0 Å². The first-order chi connectivity index (χ1) is 17.9. The molecular weight excluding hydrogens is 474 g/mol. The molecule has 2 atom stereocenters. The maximum atomic E-state index is 13.6. The first-order valence-electron chi connectivity index (χ1n) is 12.5. The Morgan fingerprint density at radius 3 is 2.43 bits per heavy atom. The largest absolute Gasteiger partial charge is 0.497 e. The second kappa shape index (κ2) is 12.1. The third kappa shape index (κ3) is 6.03. The molecule has 2 aliphatic heterocycles. The predicted molar refractivity (Wildman–Crippen MR) is 137 cm³/mol. The number of urea groups is 1. The van der Waals surface area contributed by atoms with Crippen LogP contribution in [0.2, 0.25) is 0 Å². The normalized spacial score (nSPS) is 20.1. The fourth-order valence-electron chi connectivity index (χ4n) is 4.95. The van der Waals surface area contributed by atoms with Crippen molar-refractivity contribution in [1.82, 2.24) is 25.1 Å². The molecule has 0 aliphatic carbocycles. The van der Waals surface area contributed by atoms with Gasteiger partial charge in [0.1, 0.15) is 18.0 Å². The van der Waals surface area contributed by atoms with E-state index >= 15 is 0 Å². The smallest absolute Gasteiger partial charge is 0.334 e. The highest BCUT2D eigenvalue weighted by Crippen LogP contribution is 2.28. The first kappa shape index (κ1) is 26.4. The molecule has 2 heterocycles. The van der Waals surface area contributed by atoms with Crippen molar-refractivity contribution in [1.29, 1.82) is 0 Å². The molecule has 37 heavy (non-hydrogen) atoms. The number of hydrazine groups is 1. The minimum Gasteiger partial charge on any atom is -0.497 e. The molecule has 0 radical (unpaired) electrons. The Morgan fingerprint density at radius 1 is 1.03 bits per heavy atom. The van der Waals surface area contributed by atoms with Crippen molar-refractivity contribution in [2.24, 2.45) is 0 Å². The van der Waals surface area contributed by atoms with E-state index in [1.54, 1.807) is 41.1 Å². The van der Waals surface area contributed by atoms with Crippen molar-refractivity contribution >= 4 is 17.8 Å². The topological polar surface area (TPSA) is 94.7 Å². The van der Waals surface area contributed by atoms with Crippen LogP contribution in [0.5, 0.6) is 5.75 Å². The molecule has 198 valence electrons. The van der Waals surface area contributed by atoms with E-state index < -0.39 is 12.2 Å². The summed E-state index contributed by atoms with van der Waals surface area (Å²) >= 11 is 0. The number of likely N-dealkylation sites (N-methyl/N-ethyl adjacent to an activating group) is 1. The summed E-state index contributed by atoms with van der Waals surface area (Å²) in [6.07, 6.45) is 0.435. The van der Waals surface area contributed by atoms with E-state index in [1.165, 1.54) is 0 Å². The molecule has 2 fully saturated rings. The van der Waals surface area contributed by atoms with Gasteiger partial charge >= 0.3 is 6.03 Å². The summed E-state index contributed by atoms with van der Waals surface area (Å²) in [5.41, 5.74) is 1.88. The number of rotatable bonds is 9. The predicted octanol–water partition coefficient (Wildman–Crippen LogP) is 1.71. The number of ether oxygens (including phenoxy) is 2. The first-order valence-corrected chi connectivity index (χ1v) is 12.5. The lowest BCUT2D eigenvalue weighted by Crippen LogP contribution is -2.76. The Morgan fingerprint density at radius 2 is 1.76 bits per heavy atom. The minimum absolute atomic E-state index is 0.00863. The van der Waals surface area contributed by atoms with E-state index in [-0.39, 0.29) is 30.9 Å². The van der Waals surface area contributed by atoms with Crippen molar-refractivity contribution < 1.29 is 23.9 Å². The molecule has 0 saturated carbocycles. The van der Waals surface area contributed by atoms with Gasteiger partial charge in [0.15, 0.2) is 0 Å². The van der Waals surface area contributed by atoms with Crippen LogP contribution in [0.1, 0.15) is 17.5 Å². The van der Waals surface area contributed by atoms with Gasteiger partial charge in [0.05, 0.1) is 20.2 Å². The average Bonchev–Trinajstić information content (AvgIpc) is 2.90. The Balaban J connectivity index is 1.57. The molecule has 10 nitrogen and oxygen atoms in total.